The summed E-state index contributed by atoms with van der Waals surface area (Å²) < 4.78 is 0. The van der Waals surface area contributed by atoms with Gasteiger partial charge in [0.15, 0.2) is 0 Å². The lowest BCUT2D eigenvalue weighted by molar-refractivity contribution is 0.135. The van der Waals surface area contributed by atoms with Crippen LogP contribution in [0.1, 0.15) is 38.3 Å². The summed E-state index contributed by atoms with van der Waals surface area (Å²) in [5.41, 5.74) is 7.39. The highest BCUT2D eigenvalue weighted by molar-refractivity contribution is 5.04. The molecule has 0 aliphatic heterocycles. The smallest absolute Gasteiger partial charge is 0.0544 e. The second-order valence-electron chi connectivity index (χ2n) is 4.90. The first-order valence-electron chi connectivity index (χ1n) is 6.70. The molecule has 2 rings (SSSR count). The van der Waals surface area contributed by atoms with Gasteiger partial charge in [0.25, 0.3) is 0 Å². The van der Waals surface area contributed by atoms with Gasteiger partial charge in [-0.05, 0) is 31.5 Å². The lowest BCUT2D eigenvalue weighted by Crippen LogP contribution is -2.49. The van der Waals surface area contributed by atoms with Gasteiger partial charge >= 0.3 is 0 Å². The van der Waals surface area contributed by atoms with Crippen molar-refractivity contribution in [3.05, 3.63) is 30.1 Å². The minimum absolute atomic E-state index is 0.340. The fourth-order valence-corrected chi connectivity index (χ4v) is 2.76. The van der Waals surface area contributed by atoms with E-state index in [0.29, 0.717) is 12.1 Å². The number of rotatable bonds is 4. The van der Waals surface area contributed by atoms with Crippen LogP contribution in [-0.4, -0.2) is 28.5 Å². The molecule has 3 nitrogen and oxygen atoms in total. The molecule has 2 N–H and O–H groups in total. The zero-order valence-electron chi connectivity index (χ0n) is 10.7. The first kappa shape index (κ1) is 12.5. The highest BCUT2D eigenvalue weighted by Gasteiger charge is 2.26. The van der Waals surface area contributed by atoms with Crippen molar-refractivity contribution in [2.24, 2.45) is 5.73 Å². The van der Waals surface area contributed by atoms with Crippen molar-refractivity contribution < 1.29 is 0 Å². The maximum atomic E-state index is 6.25. The fraction of sp³-hybridized carbons (Fsp3) is 0.643. The Bertz CT molecular complexity index is 325. The number of hydrogen-bond donors (Lipinski definition) is 1. The summed E-state index contributed by atoms with van der Waals surface area (Å²) in [6, 6.07) is 6.99. The molecular formula is C14H23N3. The molecule has 3 heteroatoms. The molecule has 0 aromatic carbocycles. The van der Waals surface area contributed by atoms with Crippen LogP contribution in [0.25, 0.3) is 0 Å². The van der Waals surface area contributed by atoms with Gasteiger partial charge in [-0.25, -0.2) is 0 Å². The number of nitrogens with zero attached hydrogens (tertiary/aromatic N) is 2. The quantitative estimate of drug-likeness (QED) is 0.866. The monoisotopic (exact) mass is 233 g/mol. The van der Waals surface area contributed by atoms with E-state index in [0.717, 1.165) is 18.8 Å². The van der Waals surface area contributed by atoms with E-state index in [4.69, 9.17) is 5.73 Å². The summed E-state index contributed by atoms with van der Waals surface area (Å²) in [7, 11) is 0. The molecule has 0 saturated heterocycles. The number of hydrogen-bond acceptors (Lipinski definition) is 3. The third-order valence-corrected chi connectivity index (χ3v) is 3.75. The second kappa shape index (κ2) is 6.12. The molecule has 1 heterocycles. The van der Waals surface area contributed by atoms with Crippen LogP contribution >= 0.6 is 0 Å². The van der Waals surface area contributed by atoms with Crippen molar-refractivity contribution in [3.8, 4) is 0 Å². The van der Waals surface area contributed by atoms with Gasteiger partial charge in [-0.1, -0.05) is 25.8 Å². The maximum Gasteiger partial charge on any atom is 0.0544 e. The van der Waals surface area contributed by atoms with Crippen molar-refractivity contribution in [1.29, 1.82) is 0 Å². The van der Waals surface area contributed by atoms with Crippen LogP contribution in [-0.2, 0) is 6.54 Å². The summed E-state index contributed by atoms with van der Waals surface area (Å²) in [4.78, 5) is 6.88. The molecule has 94 valence electrons. The van der Waals surface area contributed by atoms with Gasteiger partial charge in [0.05, 0.1) is 5.69 Å². The predicted molar refractivity (Wildman–Crippen MR) is 70.6 cm³/mol. The highest BCUT2D eigenvalue weighted by Crippen LogP contribution is 2.22. The van der Waals surface area contributed by atoms with Crippen molar-refractivity contribution in [2.75, 3.05) is 6.54 Å². The number of pyridine rings is 1. The normalized spacial score (nSPS) is 25.1. The van der Waals surface area contributed by atoms with E-state index in [1.807, 2.05) is 12.3 Å². The first-order chi connectivity index (χ1) is 8.31. The van der Waals surface area contributed by atoms with Gasteiger partial charge in [-0.15, -0.1) is 0 Å². The number of likely N-dealkylation sites (N-methyl/N-ethyl adjacent to an activating group) is 1. The van der Waals surface area contributed by atoms with E-state index in [9.17, 15) is 0 Å². The Morgan fingerprint density at radius 2 is 2.18 bits per heavy atom. The molecule has 0 amide bonds. The second-order valence-corrected chi connectivity index (χ2v) is 4.90. The average Bonchev–Trinajstić information content (AvgIpc) is 2.38. The zero-order chi connectivity index (χ0) is 12.1. The Morgan fingerprint density at radius 1 is 1.35 bits per heavy atom. The molecular weight excluding hydrogens is 210 g/mol. The minimum atomic E-state index is 0.340. The number of aromatic nitrogens is 1. The van der Waals surface area contributed by atoms with Crippen LogP contribution in [0.15, 0.2) is 24.4 Å². The molecule has 0 radical (unpaired) electrons. The summed E-state index contributed by atoms with van der Waals surface area (Å²) in [6.07, 6.45) is 6.88. The van der Waals surface area contributed by atoms with E-state index < -0.39 is 0 Å². The van der Waals surface area contributed by atoms with Crippen molar-refractivity contribution in [1.82, 2.24) is 9.88 Å². The zero-order valence-corrected chi connectivity index (χ0v) is 10.7. The van der Waals surface area contributed by atoms with Crippen molar-refractivity contribution in [2.45, 2.75) is 51.2 Å². The van der Waals surface area contributed by atoms with Gasteiger partial charge in [0.1, 0.15) is 0 Å². The van der Waals surface area contributed by atoms with Gasteiger partial charge in [-0.3, -0.25) is 9.88 Å². The van der Waals surface area contributed by atoms with E-state index in [1.165, 1.54) is 25.7 Å². The van der Waals surface area contributed by atoms with Crippen molar-refractivity contribution >= 4 is 0 Å². The standard InChI is InChI=1S/C14H23N3/c1-2-17(11-12-7-5-6-10-16-12)14-9-4-3-8-13(14)15/h5-7,10,13-14H,2-4,8-9,11,15H2,1H3. The van der Waals surface area contributed by atoms with Crippen LogP contribution < -0.4 is 5.73 Å². The minimum Gasteiger partial charge on any atom is -0.326 e. The van der Waals surface area contributed by atoms with E-state index >= 15 is 0 Å². The average molecular weight is 233 g/mol. The van der Waals surface area contributed by atoms with Crippen molar-refractivity contribution in [3.63, 3.8) is 0 Å². The summed E-state index contributed by atoms with van der Waals surface area (Å²) in [5, 5.41) is 0. The Hall–Kier alpha value is -0.930. The van der Waals surface area contributed by atoms with Crippen LogP contribution in [0.2, 0.25) is 0 Å². The largest absolute Gasteiger partial charge is 0.326 e. The third-order valence-electron chi connectivity index (χ3n) is 3.75. The Kier molecular flexibility index (Phi) is 4.51. The van der Waals surface area contributed by atoms with Gasteiger partial charge in [0, 0.05) is 24.8 Å². The summed E-state index contributed by atoms with van der Waals surface area (Å²) >= 11 is 0. The molecule has 1 aromatic rings. The molecule has 0 spiro atoms. The van der Waals surface area contributed by atoms with Gasteiger partial charge < -0.3 is 5.73 Å². The predicted octanol–water partition coefficient (Wildman–Crippen LogP) is 2.17. The molecule has 1 aliphatic carbocycles. The highest BCUT2D eigenvalue weighted by atomic mass is 15.2. The first-order valence-corrected chi connectivity index (χ1v) is 6.70. The Balaban J connectivity index is 2.00. The molecule has 1 saturated carbocycles. The summed E-state index contributed by atoms with van der Waals surface area (Å²) in [6.45, 7) is 4.19. The molecule has 1 aliphatic rings. The lowest BCUT2D eigenvalue weighted by atomic mass is 9.89. The molecule has 17 heavy (non-hydrogen) atoms. The topological polar surface area (TPSA) is 42.2 Å². The summed E-state index contributed by atoms with van der Waals surface area (Å²) in [5.74, 6) is 0. The molecule has 1 aromatic heterocycles. The Morgan fingerprint density at radius 3 is 2.82 bits per heavy atom. The van der Waals surface area contributed by atoms with E-state index in [1.54, 1.807) is 0 Å². The number of nitrogens with two attached hydrogens (primary N) is 1. The van der Waals surface area contributed by atoms with Crippen LogP contribution in [0.5, 0.6) is 0 Å². The van der Waals surface area contributed by atoms with Crippen LogP contribution in [0, 0.1) is 0 Å². The molecule has 0 bridgehead atoms. The Labute approximate surface area is 104 Å². The van der Waals surface area contributed by atoms with Crippen LogP contribution in [0.4, 0.5) is 0 Å². The van der Waals surface area contributed by atoms with Gasteiger partial charge in [0.2, 0.25) is 0 Å². The van der Waals surface area contributed by atoms with E-state index in [-0.39, 0.29) is 0 Å². The maximum absolute atomic E-state index is 6.25. The van der Waals surface area contributed by atoms with Gasteiger partial charge in [-0.2, -0.15) is 0 Å². The fourth-order valence-electron chi connectivity index (χ4n) is 2.76. The molecule has 1 fully saturated rings. The lowest BCUT2D eigenvalue weighted by Gasteiger charge is -2.37. The molecule has 2 atom stereocenters. The third kappa shape index (κ3) is 3.27. The van der Waals surface area contributed by atoms with E-state index in [2.05, 4.69) is 28.9 Å². The van der Waals surface area contributed by atoms with Crippen LogP contribution in [0.3, 0.4) is 0 Å². The SMILES string of the molecule is CCN(Cc1ccccn1)C1CCCCC1N. The molecule has 2 unspecified atom stereocenters.